The largest absolute Gasteiger partial charge is 0.493 e. The van der Waals surface area contributed by atoms with Crippen LogP contribution in [0.1, 0.15) is 43.5 Å². The third-order valence-corrected chi connectivity index (χ3v) is 9.25. The second-order valence-corrected chi connectivity index (χ2v) is 12.5. The standard InChI is InChI=1S/C33H29BrCl2N2O6S/c1-5-42-27-16-23(34)22(15-26(27)41-4)30-29(32(40)43-6-2)18(3)37-33-38(30)31(39)28(45-33)13-19-9-7-8-10-25(19)44-17-20-11-12-21(35)14-24(20)36/h7-16,30H,5-6,17H2,1-4H3/b28-13+/t30-/m1/s1. The Balaban J connectivity index is 1.64. The maximum Gasteiger partial charge on any atom is 0.338 e. The summed E-state index contributed by atoms with van der Waals surface area (Å²) < 4.78 is 25.5. The van der Waals surface area contributed by atoms with Gasteiger partial charge in [-0.05, 0) is 62.7 Å². The zero-order chi connectivity index (χ0) is 32.2. The second kappa shape index (κ2) is 14.2. The van der Waals surface area contributed by atoms with Crippen molar-refractivity contribution in [3.8, 4) is 17.2 Å². The summed E-state index contributed by atoms with van der Waals surface area (Å²) in [7, 11) is 1.54. The smallest absolute Gasteiger partial charge is 0.338 e. The molecule has 0 bridgehead atoms. The van der Waals surface area contributed by atoms with Crippen LogP contribution < -0.4 is 29.1 Å². The number of aromatic nitrogens is 1. The third kappa shape index (κ3) is 6.84. The number of carbonyl (C=O) groups is 1. The summed E-state index contributed by atoms with van der Waals surface area (Å²) in [6.45, 7) is 6.15. The van der Waals surface area contributed by atoms with E-state index in [1.165, 1.54) is 23.0 Å². The first kappa shape index (κ1) is 32.8. The van der Waals surface area contributed by atoms with Gasteiger partial charge in [0.25, 0.3) is 5.56 Å². The van der Waals surface area contributed by atoms with E-state index in [0.717, 1.165) is 5.56 Å². The maximum absolute atomic E-state index is 14.2. The van der Waals surface area contributed by atoms with Gasteiger partial charge in [0.2, 0.25) is 0 Å². The molecule has 4 aromatic rings. The number of hydrogen-bond donors (Lipinski definition) is 0. The Labute approximate surface area is 282 Å². The molecule has 3 aromatic carbocycles. The monoisotopic (exact) mass is 730 g/mol. The van der Waals surface area contributed by atoms with Gasteiger partial charge in [-0.15, -0.1) is 0 Å². The van der Waals surface area contributed by atoms with Crippen molar-refractivity contribution in [2.75, 3.05) is 20.3 Å². The van der Waals surface area contributed by atoms with Gasteiger partial charge in [-0.2, -0.15) is 0 Å². The fourth-order valence-electron chi connectivity index (χ4n) is 4.94. The predicted molar refractivity (Wildman–Crippen MR) is 179 cm³/mol. The number of hydrogen-bond acceptors (Lipinski definition) is 8. The van der Waals surface area contributed by atoms with E-state index in [1.807, 2.05) is 37.3 Å². The number of ether oxygens (including phenoxy) is 4. The first-order valence-electron chi connectivity index (χ1n) is 14.0. The Morgan fingerprint density at radius 1 is 1.04 bits per heavy atom. The van der Waals surface area contributed by atoms with Crippen LogP contribution in [-0.4, -0.2) is 30.9 Å². The summed E-state index contributed by atoms with van der Waals surface area (Å²) >= 11 is 17.3. The summed E-state index contributed by atoms with van der Waals surface area (Å²) in [6, 6.07) is 15.3. The summed E-state index contributed by atoms with van der Waals surface area (Å²) in [6.07, 6.45) is 1.76. The Kier molecular flexibility index (Phi) is 10.4. The highest BCUT2D eigenvalue weighted by Gasteiger charge is 2.35. The molecule has 12 heteroatoms. The zero-order valence-electron chi connectivity index (χ0n) is 24.9. The summed E-state index contributed by atoms with van der Waals surface area (Å²) in [5.74, 6) is 0.991. The highest BCUT2D eigenvalue weighted by molar-refractivity contribution is 9.10. The topological polar surface area (TPSA) is 88.4 Å². The number of allylic oxidation sites excluding steroid dienone is 1. The molecule has 0 aliphatic carbocycles. The van der Waals surface area contributed by atoms with E-state index in [1.54, 1.807) is 44.2 Å². The molecule has 0 radical (unpaired) electrons. The Morgan fingerprint density at radius 2 is 1.82 bits per heavy atom. The molecule has 0 fully saturated rings. The molecular formula is C33H29BrCl2N2O6S. The van der Waals surface area contributed by atoms with Crippen molar-refractivity contribution in [2.24, 2.45) is 4.99 Å². The van der Waals surface area contributed by atoms with Crippen molar-refractivity contribution < 1.29 is 23.7 Å². The molecule has 45 heavy (non-hydrogen) atoms. The van der Waals surface area contributed by atoms with Gasteiger partial charge in [0.1, 0.15) is 12.4 Å². The van der Waals surface area contributed by atoms with Crippen molar-refractivity contribution in [2.45, 2.75) is 33.4 Å². The van der Waals surface area contributed by atoms with E-state index >= 15 is 0 Å². The number of fused-ring (bicyclic) bond motifs is 1. The summed E-state index contributed by atoms with van der Waals surface area (Å²) in [5, 5.41) is 1.04. The van der Waals surface area contributed by atoms with Crippen molar-refractivity contribution in [1.29, 1.82) is 0 Å². The molecule has 0 unspecified atom stereocenters. The highest BCUT2D eigenvalue weighted by atomic mass is 79.9. The molecule has 0 amide bonds. The predicted octanol–water partition coefficient (Wildman–Crippen LogP) is 6.85. The van der Waals surface area contributed by atoms with Gasteiger partial charge in [-0.25, -0.2) is 9.79 Å². The minimum Gasteiger partial charge on any atom is -0.493 e. The van der Waals surface area contributed by atoms with Gasteiger partial charge in [0.15, 0.2) is 16.3 Å². The van der Waals surface area contributed by atoms with E-state index in [2.05, 4.69) is 20.9 Å². The number of thiazole rings is 1. The lowest BCUT2D eigenvalue weighted by atomic mass is 9.95. The lowest BCUT2D eigenvalue weighted by Gasteiger charge is -2.26. The zero-order valence-corrected chi connectivity index (χ0v) is 28.8. The summed E-state index contributed by atoms with van der Waals surface area (Å²) in [5.41, 5.74) is 2.46. The molecule has 234 valence electrons. The van der Waals surface area contributed by atoms with Gasteiger partial charge < -0.3 is 18.9 Å². The van der Waals surface area contributed by atoms with Gasteiger partial charge in [0, 0.05) is 25.6 Å². The molecule has 1 atom stereocenters. The van der Waals surface area contributed by atoms with E-state index in [4.69, 9.17) is 42.1 Å². The number of rotatable bonds is 10. The molecule has 8 nitrogen and oxygen atoms in total. The van der Waals surface area contributed by atoms with Crippen LogP contribution in [0.5, 0.6) is 17.2 Å². The fraction of sp³-hybridized carbons (Fsp3) is 0.242. The van der Waals surface area contributed by atoms with Crippen LogP contribution in [0, 0.1) is 0 Å². The number of halogens is 3. The van der Waals surface area contributed by atoms with E-state index in [0.29, 0.717) is 64.5 Å². The molecule has 0 saturated carbocycles. The Hall–Kier alpha value is -3.57. The SMILES string of the molecule is CCOC(=O)C1=C(C)N=c2s/c(=C/c3ccccc3OCc3ccc(Cl)cc3Cl)c(=O)n2[C@@H]1c1cc(OC)c(OCC)cc1Br. The van der Waals surface area contributed by atoms with Crippen LogP contribution in [-0.2, 0) is 16.1 Å². The molecule has 5 rings (SSSR count). The maximum atomic E-state index is 14.2. The third-order valence-electron chi connectivity index (χ3n) is 7.00. The average molecular weight is 732 g/mol. The van der Waals surface area contributed by atoms with Crippen LogP contribution >= 0.6 is 50.5 Å². The summed E-state index contributed by atoms with van der Waals surface area (Å²) in [4.78, 5) is 32.7. The van der Waals surface area contributed by atoms with Crippen LogP contribution in [0.2, 0.25) is 10.0 Å². The minimum absolute atomic E-state index is 0.165. The van der Waals surface area contributed by atoms with E-state index < -0.39 is 12.0 Å². The molecule has 1 aliphatic heterocycles. The van der Waals surface area contributed by atoms with Crippen molar-refractivity contribution in [3.63, 3.8) is 0 Å². The molecule has 1 aliphatic rings. The normalized spacial score (nSPS) is 14.6. The minimum atomic E-state index is -0.847. The molecule has 0 N–H and O–H groups in total. The molecule has 2 heterocycles. The quantitative estimate of drug-likeness (QED) is 0.166. The van der Waals surface area contributed by atoms with Crippen LogP contribution in [0.3, 0.4) is 0 Å². The lowest BCUT2D eigenvalue weighted by molar-refractivity contribution is -0.139. The van der Waals surface area contributed by atoms with Gasteiger partial charge in [-0.3, -0.25) is 9.36 Å². The Bertz CT molecular complexity index is 1990. The van der Waals surface area contributed by atoms with Crippen molar-refractivity contribution in [1.82, 2.24) is 4.57 Å². The van der Waals surface area contributed by atoms with Gasteiger partial charge in [-0.1, -0.05) is 74.7 Å². The van der Waals surface area contributed by atoms with Gasteiger partial charge >= 0.3 is 5.97 Å². The molecular weight excluding hydrogens is 703 g/mol. The number of carbonyl (C=O) groups excluding carboxylic acids is 1. The molecule has 0 spiro atoms. The van der Waals surface area contributed by atoms with Crippen LogP contribution in [0.4, 0.5) is 0 Å². The average Bonchev–Trinajstić information content (AvgIpc) is 3.31. The van der Waals surface area contributed by atoms with E-state index in [9.17, 15) is 9.59 Å². The van der Waals surface area contributed by atoms with E-state index in [-0.39, 0.29) is 24.3 Å². The first-order valence-corrected chi connectivity index (χ1v) is 16.4. The van der Waals surface area contributed by atoms with Crippen LogP contribution in [0.25, 0.3) is 6.08 Å². The number of methoxy groups -OCH3 is 1. The van der Waals surface area contributed by atoms with Crippen LogP contribution in [0.15, 0.2) is 80.1 Å². The number of esters is 1. The van der Waals surface area contributed by atoms with Gasteiger partial charge in [0.05, 0.1) is 42.2 Å². The molecule has 0 saturated heterocycles. The second-order valence-electron chi connectivity index (χ2n) is 9.82. The lowest BCUT2D eigenvalue weighted by Crippen LogP contribution is -2.40. The molecule has 1 aromatic heterocycles. The van der Waals surface area contributed by atoms with Crippen molar-refractivity contribution in [3.05, 3.63) is 117 Å². The van der Waals surface area contributed by atoms with Crippen molar-refractivity contribution >= 4 is 62.5 Å². The number of benzene rings is 3. The number of nitrogens with zero attached hydrogens (tertiary/aromatic N) is 2. The Morgan fingerprint density at radius 3 is 2.53 bits per heavy atom. The fourth-order valence-corrected chi connectivity index (χ4v) is 6.98. The number of para-hydroxylation sites is 1. The highest BCUT2D eigenvalue weighted by Crippen LogP contribution is 2.41. The first-order chi connectivity index (χ1) is 21.7.